The molecule has 29 heavy (non-hydrogen) atoms. The van der Waals surface area contributed by atoms with E-state index in [4.69, 9.17) is 16.3 Å². The number of hydrogen-bond donors (Lipinski definition) is 2. The number of anilines is 1. The first-order chi connectivity index (χ1) is 14.0. The summed E-state index contributed by atoms with van der Waals surface area (Å²) < 4.78 is 5.38. The minimum atomic E-state index is -0.233. The molecule has 1 saturated heterocycles. The monoisotopic (exact) mass is 414 g/mol. The van der Waals surface area contributed by atoms with Gasteiger partial charge in [-0.1, -0.05) is 17.7 Å². The summed E-state index contributed by atoms with van der Waals surface area (Å²) >= 11 is 5.92. The third-order valence-electron chi connectivity index (χ3n) is 4.61. The zero-order chi connectivity index (χ0) is 20.6. The lowest BCUT2D eigenvalue weighted by Crippen LogP contribution is -2.39. The molecule has 0 aromatic heterocycles. The summed E-state index contributed by atoms with van der Waals surface area (Å²) in [4.78, 5) is 19.6. The molecule has 3 rings (SSSR count). The molecule has 6 nitrogen and oxygen atoms in total. The summed E-state index contributed by atoms with van der Waals surface area (Å²) in [5.74, 6) is 0.201. The molecule has 1 amide bonds. The van der Waals surface area contributed by atoms with Crippen LogP contribution in [0.5, 0.6) is 0 Å². The van der Waals surface area contributed by atoms with Gasteiger partial charge in [0, 0.05) is 35.9 Å². The molecule has 154 valence electrons. The highest BCUT2D eigenvalue weighted by Gasteiger charge is 2.12. The number of morpholine rings is 1. The number of aliphatic imine (C=N–C) groups is 1. The Kier molecular flexibility index (Phi) is 7.63. The number of rotatable bonds is 5. The van der Waals surface area contributed by atoms with E-state index in [1.54, 1.807) is 24.3 Å². The van der Waals surface area contributed by atoms with E-state index >= 15 is 0 Å². The number of ether oxygens (including phenoxy) is 1. The average Bonchev–Trinajstić information content (AvgIpc) is 2.68. The van der Waals surface area contributed by atoms with Gasteiger partial charge in [0.15, 0.2) is 0 Å². The van der Waals surface area contributed by atoms with E-state index in [1.165, 1.54) is 0 Å². The lowest BCUT2D eigenvalue weighted by Gasteiger charge is -2.25. The highest BCUT2D eigenvalue weighted by atomic mass is 35.5. The van der Waals surface area contributed by atoms with Crippen LogP contribution < -0.4 is 10.6 Å². The third kappa shape index (κ3) is 6.85. The van der Waals surface area contributed by atoms with E-state index in [1.807, 2.05) is 26.0 Å². The van der Waals surface area contributed by atoms with Crippen LogP contribution in [-0.2, 0) is 4.74 Å². The van der Waals surface area contributed by atoms with Crippen molar-refractivity contribution in [3.05, 3.63) is 64.2 Å². The topological polar surface area (TPSA) is 66.0 Å². The van der Waals surface area contributed by atoms with Gasteiger partial charge in [-0.25, -0.2) is 0 Å². The molecule has 0 aliphatic carbocycles. The highest BCUT2D eigenvalue weighted by molar-refractivity contribution is 6.30. The molecule has 1 fully saturated rings. The van der Waals surface area contributed by atoms with Gasteiger partial charge in [0.1, 0.15) is 0 Å². The second kappa shape index (κ2) is 10.4. The van der Waals surface area contributed by atoms with Crippen LogP contribution in [-0.4, -0.2) is 56.2 Å². The maximum Gasteiger partial charge on any atom is 0.257 e. The van der Waals surface area contributed by atoms with Crippen LogP contribution in [0.15, 0.2) is 47.5 Å². The number of amides is 1. The van der Waals surface area contributed by atoms with Crippen molar-refractivity contribution in [1.29, 1.82) is 0 Å². The van der Waals surface area contributed by atoms with Crippen LogP contribution in [0.25, 0.3) is 0 Å². The zero-order valence-corrected chi connectivity index (χ0v) is 17.6. The van der Waals surface area contributed by atoms with Gasteiger partial charge in [0.2, 0.25) is 5.96 Å². The largest absolute Gasteiger partial charge is 0.379 e. The van der Waals surface area contributed by atoms with Crippen molar-refractivity contribution >= 4 is 29.2 Å². The number of guanidine groups is 1. The lowest BCUT2D eigenvalue weighted by atomic mass is 10.1. The molecular weight excluding hydrogens is 388 g/mol. The van der Waals surface area contributed by atoms with Gasteiger partial charge in [-0.2, -0.15) is 0 Å². The summed E-state index contributed by atoms with van der Waals surface area (Å²) in [5, 5.41) is 6.74. The van der Waals surface area contributed by atoms with E-state index in [0.29, 0.717) is 23.1 Å². The minimum Gasteiger partial charge on any atom is -0.379 e. The van der Waals surface area contributed by atoms with Crippen LogP contribution in [0.2, 0.25) is 5.02 Å². The summed E-state index contributed by atoms with van der Waals surface area (Å²) in [5.41, 5.74) is 3.70. The molecule has 0 atom stereocenters. The van der Waals surface area contributed by atoms with Crippen molar-refractivity contribution in [2.24, 2.45) is 4.99 Å². The Morgan fingerprint density at radius 3 is 2.41 bits per heavy atom. The van der Waals surface area contributed by atoms with E-state index < -0.39 is 0 Å². The molecule has 2 aromatic rings. The third-order valence-corrected chi connectivity index (χ3v) is 4.86. The second-order valence-corrected chi connectivity index (χ2v) is 7.58. The van der Waals surface area contributed by atoms with Crippen molar-refractivity contribution in [3.63, 3.8) is 0 Å². The van der Waals surface area contributed by atoms with E-state index in [0.717, 1.165) is 49.7 Å². The highest BCUT2D eigenvalue weighted by Crippen LogP contribution is 2.14. The first-order valence-corrected chi connectivity index (χ1v) is 10.1. The first-order valence-electron chi connectivity index (χ1n) is 9.76. The Labute approximate surface area is 176 Å². The normalized spacial score (nSPS) is 15.2. The van der Waals surface area contributed by atoms with Crippen molar-refractivity contribution in [3.8, 4) is 0 Å². The summed E-state index contributed by atoms with van der Waals surface area (Å²) in [7, 11) is 0. The fourth-order valence-electron chi connectivity index (χ4n) is 3.20. The number of aryl methyl sites for hydroxylation is 2. The fraction of sp³-hybridized carbons (Fsp3) is 0.364. The SMILES string of the molecule is Cc1cc(C)cc(NC(=NCCN2CCOCC2)NC(=O)c2ccc(Cl)cc2)c1. The van der Waals surface area contributed by atoms with Gasteiger partial charge in [-0.05, 0) is 61.4 Å². The smallest absolute Gasteiger partial charge is 0.257 e. The number of halogens is 1. The van der Waals surface area contributed by atoms with E-state index in [-0.39, 0.29) is 5.91 Å². The Bertz CT molecular complexity index is 841. The molecule has 1 heterocycles. The van der Waals surface area contributed by atoms with Crippen molar-refractivity contribution in [1.82, 2.24) is 10.2 Å². The molecule has 1 aliphatic heterocycles. The van der Waals surface area contributed by atoms with Crippen molar-refractivity contribution in [2.75, 3.05) is 44.7 Å². The zero-order valence-electron chi connectivity index (χ0n) is 16.9. The number of nitrogens with one attached hydrogen (secondary N) is 2. The quantitative estimate of drug-likeness (QED) is 0.580. The number of hydrogen-bond acceptors (Lipinski definition) is 4. The maximum atomic E-state index is 12.7. The molecule has 0 bridgehead atoms. The van der Waals surface area contributed by atoms with Gasteiger partial charge in [-0.3, -0.25) is 20.0 Å². The average molecular weight is 415 g/mol. The van der Waals surface area contributed by atoms with Gasteiger partial charge in [-0.15, -0.1) is 0 Å². The van der Waals surface area contributed by atoms with Crippen LogP contribution in [0, 0.1) is 13.8 Å². The molecule has 7 heteroatoms. The Balaban J connectivity index is 1.71. The van der Waals surface area contributed by atoms with E-state index in [9.17, 15) is 4.79 Å². The summed E-state index contributed by atoms with van der Waals surface area (Å²) in [6, 6.07) is 12.9. The number of nitrogens with zero attached hydrogens (tertiary/aromatic N) is 2. The predicted octanol–water partition coefficient (Wildman–Crippen LogP) is 3.49. The van der Waals surface area contributed by atoms with Crippen LogP contribution in [0.4, 0.5) is 5.69 Å². The molecule has 2 N–H and O–H groups in total. The fourth-order valence-corrected chi connectivity index (χ4v) is 3.33. The van der Waals surface area contributed by atoms with Crippen LogP contribution >= 0.6 is 11.6 Å². The lowest BCUT2D eigenvalue weighted by molar-refractivity contribution is 0.0394. The Morgan fingerprint density at radius 2 is 1.76 bits per heavy atom. The van der Waals surface area contributed by atoms with E-state index in [2.05, 4.69) is 26.6 Å². The summed E-state index contributed by atoms with van der Waals surface area (Å²) in [6.45, 7) is 8.81. The summed E-state index contributed by atoms with van der Waals surface area (Å²) in [6.07, 6.45) is 0. The van der Waals surface area contributed by atoms with Gasteiger partial charge in [0.25, 0.3) is 5.91 Å². The molecule has 1 aliphatic rings. The molecular formula is C22H27ClN4O2. The maximum absolute atomic E-state index is 12.7. The number of benzene rings is 2. The van der Waals surface area contributed by atoms with Gasteiger partial charge < -0.3 is 10.1 Å². The van der Waals surface area contributed by atoms with Crippen molar-refractivity contribution in [2.45, 2.75) is 13.8 Å². The molecule has 0 saturated carbocycles. The first kappa shape index (κ1) is 21.3. The standard InChI is InChI=1S/C22H27ClN4O2/c1-16-13-17(2)15-20(14-16)25-22(24-7-8-27-9-11-29-12-10-27)26-21(28)18-3-5-19(23)6-4-18/h3-6,13-15H,7-12H2,1-2H3,(H2,24,25,26,28). The predicted molar refractivity (Wildman–Crippen MR) is 118 cm³/mol. The molecule has 0 unspecified atom stereocenters. The van der Waals surface area contributed by atoms with Crippen LogP contribution in [0.1, 0.15) is 21.5 Å². The molecule has 0 spiro atoms. The second-order valence-electron chi connectivity index (χ2n) is 7.15. The minimum absolute atomic E-state index is 0.233. The Hall–Kier alpha value is -2.41. The molecule has 2 aromatic carbocycles. The number of carbonyl (C=O) groups is 1. The molecule has 0 radical (unpaired) electrons. The van der Waals surface area contributed by atoms with Gasteiger partial charge >= 0.3 is 0 Å². The van der Waals surface area contributed by atoms with Gasteiger partial charge in [0.05, 0.1) is 19.8 Å². The number of carbonyl (C=O) groups excluding carboxylic acids is 1. The van der Waals surface area contributed by atoms with Crippen LogP contribution in [0.3, 0.4) is 0 Å². The van der Waals surface area contributed by atoms with Crippen molar-refractivity contribution < 1.29 is 9.53 Å². The Morgan fingerprint density at radius 1 is 1.10 bits per heavy atom.